The summed E-state index contributed by atoms with van der Waals surface area (Å²) in [6.07, 6.45) is 7.64. The molecule has 3 aromatic rings. The van der Waals surface area contributed by atoms with Gasteiger partial charge < -0.3 is 10.1 Å². The highest BCUT2D eigenvalue weighted by molar-refractivity contribution is 7.08. The van der Waals surface area contributed by atoms with E-state index in [1.54, 1.807) is 6.07 Å². The van der Waals surface area contributed by atoms with Crippen LogP contribution in [0.25, 0.3) is 5.82 Å². The Kier molecular flexibility index (Phi) is 4.54. The molecule has 2 aliphatic rings. The second kappa shape index (κ2) is 7.35. The number of carbonyl (C=O) groups excluding carboxylic acids is 1. The predicted octanol–water partition coefficient (Wildman–Crippen LogP) is 2.62. The fourth-order valence-electron chi connectivity index (χ4n) is 3.56. The van der Waals surface area contributed by atoms with Gasteiger partial charge in [0.2, 0.25) is 0 Å². The normalized spacial score (nSPS) is 18.5. The third-order valence-electron chi connectivity index (χ3n) is 5.12. The zero-order chi connectivity index (χ0) is 19.8. The van der Waals surface area contributed by atoms with E-state index in [0.29, 0.717) is 28.9 Å². The first kappa shape index (κ1) is 17.9. The molecule has 29 heavy (non-hydrogen) atoms. The number of anilines is 1. The number of ether oxygens (including phenoxy) is 1. The molecule has 0 radical (unpaired) electrons. The van der Waals surface area contributed by atoms with E-state index in [0.717, 1.165) is 37.1 Å². The van der Waals surface area contributed by atoms with E-state index in [-0.39, 0.29) is 17.4 Å². The van der Waals surface area contributed by atoms with E-state index < -0.39 is 0 Å². The molecule has 0 aromatic carbocycles. The largest absolute Gasteiger partial charge is 0.381 e. The van der Waals surface area contributed by atoms with Crippen LogP contribution in [0.15, 0.2) is 24.7 Å². The summed E-state index contributed by atoms with van der Waals surface area (Å²) in [5.41, 5.74) is 2.82. The predicted molar refractivity (Wildman–Crippen MR) is 104 cm³/mol. The first-order valence-electron chi connectivity index (χ1n) is 9.40. The molecule has 1 saturated heterocycles. The molecule has 1 atom stereocenters. The lowest BCUT2D eigenvalue weighted by atomic mass is 9.97. The third-order valence-corrected chi connectivity index (χ3v) is 5.99. The van der Waals surface area contributed by atoms with Crippen LogP contribution in [0.1, 0.15) is 57.6 Å². The number of amides is 1. The average molecular weight is 407 g/mol. The van der Waals surface area contributed by atoms with Crippen molar-refractivity contribution in [1.82, 2.24) is 24.4 Å². The van der Waals surface area contributed by atoms with Gasteiger partial charge >= 0.3 is 0 Å². The number of rotatable bonds is 5. The van der Waals surface area contributed by atoms with Crippen LogP contribution in [0.3, 0.4) is 0 Å². The molecule has 4 heterocycles. The Labute approximate surface area is 170 Å². The Morgan fingerprint density at radius 1 is 1.28 bits per heavy atom. The highest BCUT2D eigenvalue weighted by Gasteiger charge is 2.36. The summed E-state index contributed by atoms with van der Waals surface area (Å²) in [5, 5.41) is 20.3. The van der Waals surface area contributed by atoms with E-state index in [1.165, 1.54) is 34.9 Å². The van der Waals surface area contributed by atoms with Crippen LogP contribution in [0, 0.1) is 11.3 Å². The maximum atomic E-state index is 13.0. The molecule has 146 valence electrons. The lowest BCUT2D eigenvalue weighted by Crippen LogP contribution is -2.14. The molecule has 0 bridgehead atoms. The summed E-state index contributed by atoms with van der Waals surface area (Å²) in [5.74, 6) is 0.781. The van der Waals surface area contributed by atoms with E-state index in [2.05, 4.69) is 30.9 Å². The zero-order valence-corrected chi connectivity index (χ0v) is 16.2. The summed E-state index contributed by atoms with van der Waals surface area (Å²) in [4.78, 5) is 19.2. The van der Waals surface area contributed by atoms with E-state index in [1.807, 2.05) is 0 Å². The van der Waals surface area contributed by atoms with Crippen LogP contribution in [-0.4, -0.2) is 43.5 Å². The zero-order valence-electron chi connectivity index (χ0n) is 15.4. The van der Waals surface area contributed by atoms with Crippen molar-refractivity contribution in [3.05, 3.63) is 46.4 Å². The molecular formula is C19H17N7O2S. The fraction of sp³-hybridized carbons (Fsp3) is 0.368. The van der Waals surface area contributed by atoms with Crippen molar-refractivity contribution < 1.29 is 9.53 Å². The van der Waals surface area contributed by atoms with Gasteiger partial charge in [0, 0.05) is 18.1 Å². The van der Waals surface area contributed by atoms with Crippen molar-refractivity contribution in [3.8, 4) is 11.9 Å². The number of hydrogen-bond acceptors (Lipinski definition) is 8. The van der Waals surface area contributed by atoms with Gasteiger partial charge in [-0.3, -0.25) is 4.79 Å². The molecule has 9 nitrogen and oxygen atoms in total. The Morgan fingerprint density at radius 3 is 2.79 bits per heavy atom. The molecule has 5 rings (SSSR count). The van der Waals surface area contributed by atoms with Gasteiger partial charge in [-0.05, 0) is 42.8 Å². The Balaban J connectivity index is 1.42. The molecule has 1 N–H and O–H groups in total. The van der Waals surface area contributed by atoms with Gasteiger partial charge in [-0.25, -0.2) is 4.98 Å². The third kappa shape index (κ3) is 3.39. The van der Waals surface area contributed by atoms with Crippen LogP contribution in [-0.2, 0) is 4.74 Å². The molecule has 1 aliphatic heterocycles. The molecule has 1 unspecified atom stereocenters. The minimum absolute atomic E-state index is 0.217. The van der Waals surface area contributed by atoms with Crippen molar-refractivity contribution in [2.75, 3.05) is 18.5 Å². The molecule has 1 aliphatic carbocycles. The lowest BCUT2D eigenvalue weighted by Gasteiger charge is -2.10. The molecule has 3 aromatic heterocycles. The van der Waals surface area contributed by atoms with Crippen LogP contribution in [0.5, 0.6) is 0 Å². The molecule has 1 saturated carbocycles. The van der Waals surface area contributed by atoms with Gasteiger partial charge in [0.25, 0.3) is 5.91 Å². The van der Waals surface area contributed by atoms with Gasteiger partial charge in [0.15, 0.2) is 5.82 Å². The van der Waals surface area contributed by atoms with Crippen molar-refractivity contribution in [2.45, 2.75) is 31.1 Å². The van der Waals surface area contributed by atoms with Gasteiger partial charge in [-0.1, -0.05) is 0 Å². The smallest absolute Gasteiger partial charge is 0.267 e. The maximum Gasteiger partial charge on any atom is 0.267 e. The molecule has 1 amide bonds. The Hall–Kier alpha value is -3.16. The minimum atomic E-state index is -0.217. The van der Waals surface area contributed by atoms with Crippen LogP contribution in [0.2, 0.25) is 0 Å². The van der Waals surface area contributed by atoms with Gasteiger partial charge in [-0.15, -0.1) is 4.80 Å². The number of nitrogens with zero attached hydrogens (tertiary/aromatic N) is 6. The van der Waals surface area contributed by atoms with Crippen LogP contribution in [0.4, 0.5) is 5.69 Å². The standard InChI is InChI=1S/C19H17N7O2S/c20-8-13-7-14(9-21-18(13)26-22-4-5-23-26)24-19(27)17-15(11-1-2-11)16(25-29-17)12-3-6-28-10-12/h4-5,7,9,11-12H,1-3,6,10H2,(H,24,27). The lowest BCUT2D eigenvalue weighted by molar-refractivity contribution is 0.102. The topological polar surface area (TPSA) is 119 Å². The van der Waals surface area contributed by atoms with Crippen molar-refractivity contribution in [3.63, 3.8) is 0 Å². The Bertz CT molecular complexity index is 1090. The van der Waals surface area contributed by atoms with E-state index in [4.69, 9.17) is 4.74 Å². The first-order valence-corrected chi connectivity index (χ1v) is 10.2. The van der Waals surface area contributed by atoms with Gasteiger partial charge in [-0.2, -0.15) is 19.8 Å². The van der Waals surface area contributed by atoms with Crippen molar-refractivity contribution >= 4 is 23.1 Å². The Morgan fingerprint density at radius 2 is 2.10 bits per heavy atom. The summed E-state index contributed by atoms with van der Waals surface area (Å²) in [6, 6.07) is 3.66. The highest BCUT2D eigenvalue weighted by Crippen LogP contribution is 2.47. The average Bonchev–Trinajstić information content (AvgIpc) is 3.18. The molecular weight excluding hydrogens is 390 g/mol. The van der Waals surface area contributed by atoms with Gasteiger partial charge in [0.1, 0.15) is 16.5 Å². The SMILES string of the molecule is N#Cc1cc(NC(=O)c2snc(C3CCOC3)c2C2CC2)cnc1-n1nccn1. The summed E-state index contributed by atoms with van der Waals surface area (Å²) in [6.45, 7) is 1.41. The molecule has 2 fully saturated rings. The second-order valence-electron chi connectivity index (χ2n) is 7.13. The number of aromatic nitrogens is 5. The number of nitrogens with one attached hydrogen (secondary N) is 1. The van der Waals surface area contributed by atoms with E-state index in [9.17, 15) is 10.1 Å². The molecule has 10 heteroatoms. The van der Waals surface area contributed by atoms with Gasteiger partial charge in [0.05, 0.1) is 36.6 Å². The van der Waals surface area contributed by atoms with Crippen LogP contribution < -0.4 is 5.32 Å². The minimum Gasteiger partial charge on any atom is -0.381 e. The van der Waals surface area contributed by atoms with Crippen LogP contribution >= 0.6 is 11.5 Å². The van der Waals surface area contributed by atoms with Crippen molar-refractivity contribution in [1.29, 1.82) is 5.26 Å². The highest BCUT2D eigenvalue weighted by atomic mass is 32.1. The molecule has 0 spiro atoms. The second-order valence-corrected chi connectivity index (χ2v) is 7.90. The number of hydrogen-bond donors (Lipinski definition) is 1. The summed E-state index contributed by atoms with van der Waals surface area (Å²) in [7, 11) is 0. The summed E-state index contributed by atoms with van der Waals surface area (Å²) < 4.78 is 10.1. The monoisotopic (exact) mass is 407 g/mol. The van der Waals surface area contributed by atoms with Crippen molar-refractivity contribution in [2.24, 2.45) is 0 Å². The fourth-order valence-corrected chi connectivity index (χ4v) is 4.51. The number of nitriles is 1. The summed E-state index contributed by atoms with van der Waals surface area (Å²) >= 11 is 1.24. The number of pyridine rings is 1. The quantitative estimate of drug-likeness (QED) is 0.690. The maximum absolute atomic E-state index is 13.0. The first-order chi connectivity index (χ1) is 14.2. The van der Waals surface area contributed by atoms with E-state index >= 15 is 0 Å². The number of carbonyl (C=O) groups is 1.